The molecule has 0 atom stereocenters. The molecule has 0 aliphatic heterocycles. The fraction of sp³-hybridized carbons (Fsp3) is 0.286. The molecule has 12 heteroatoms. The first kappa shape index (κ1) is 24.1. The summed E-state index contributed by atoms with van der Waals surface area (Å²) in [5, 5.41) is 5.56. The van der Waals surface area contributed by atoms with Crippen LogP contribution >= 0.6 is 0 Å². The van der Waals surface area contributed by atoms with Crippen molar-refractivity contribution in [1.82, 2.24) is 9.97 Å². The Hall–Kier alpha value is -3.51. The third kappa shape index (κ3) is 7.26. The van der Waals surface area contributed by atoms with E-state index in [0.29, 0.717) is 29.2 Å². The van der Waals surface area contributed by atoms with Crippen LogP contribution in [0.4, 0.5) is 34.8 Å². The first-order chi connectivity index (χ1) is 15.7. The average molecular weight is 468 g/mol. The van der Waals surface area contributed by atoms with Crippen molar-refractivity contribution in [3.05, 3.63) is 48.5 Å². The summed E-state index contributed by atoms with van der Waals surface area (Å²) in [6, 6.07) is 9.02. The maximum Gasteiger partial charge on any atom is 0.411 e. The number of hydrogen-bond acceptors (Lipinski definition) is 7. The Labute approximate surface area is 185 Å². The SMILES string of the molecule is COCCOc1cc(F)c2c(Nc3ccc(NC(=O)COCC(F)(F)F)cc3)ncnc2c1. The molecule has 1 amide bonds. The van der Waals surface area contributed by atoms with E-state index in [4.69, 9.17) is 9.47 Å². The number of nitrogens with zero attached hydrogens (tertiary/aromatic N) is 2. The fourth-order valence-electron chi connectivity index (χ4n) is 2.77. The number of ether oxygens (including phenoxy) is 3. The number of carbonyl (C=O) groups excluding carboxylic acids is 1. The van der Waals surface area contributed by atoms with Gasteiger partial charge in [0.05, 0.1) is 17.5 Å². The highest BCUT2D eigenvalue weighted by atomic mass is 19.4. The number of fused-ring (bicyclic) bond motifs is 1. The molecule has 2 N–H and O–H groups in total. The lowest BCUT2D eigenvalue weighted by atomic mass is 10.2. The van der Waals surface area contributed by atoms with Gasteiger partial charge in [-0.3, -0.25) is 4.79 Å². The van der Waals surface area contributed by atoms with Gasteiger partial charge < -0.3 is 24.8 Å². The minimum Gasteiger partial charge on any atom is -0.491 e. The van der Waals surface area contributed by atoms with Gasteiger partial charge in [0.25, 0.3) is 0 Å². The standard InChI is InChI=1S/C21H20F4N4O4/c1-31-6-7-33-15-8-16(22)19-17(9-15)26-12-27-20(19)29-14-4-2-13(3-5-14)28-18(30)10-32-11-21(23,24)25/h2-5,8-9,12H,6-7,10-11H2,1H3,(H,28,30)(H,26,27,29). The van der Waals surface area contributed by atoms with E-state index in [1.807, 2.05) is 0 Å². The van der Waals surface area contributed by atoms with E-state index in [0.717, 1.165) is 0 Å². The van der Waals surface area contributed by atoms with Crippen molar-refractivity contribution in [3.63, 3.8) is 0 Å². The van der Waals surface area contributed by atoms with Crippen molar-refractivity contribution in [1.29, 1.82) is 0 Å². The van der Waals surface area contributed by atoms with Gasteiger partial charge in [-0.2, -0.15) is 13.2 Å². The van der Waals surface area contributed by atoms with Crippen LogP contribution in [0.5, 0.6) is 5.75 Å². The molecule has 8 nitrogen and oxygen atoms in total. The molecular formula is C21H20F4N4O4. The van der Waals surface area contributed by atoms with Crippen LogP contribution in [-0.2, 0) is 14.3 Å². The Morgan fingerprint density at radius 2 is 1.79 bits per heavy atom. The summed E-state index contributed by atoms with van der Waals surface area (Å²) in [7, 11) is 1.53. The Kier molecular flexibility index (Phi) is 7.96. The number of carbonyl (C=O) groups is 1. The van der Waals surface area contributed by atoms with Crippen molar-refractivity contribution < 1.29 is 36.6 Å². The number of alkyl halides is 3. The van der Waals surface area contributed by atoms with E-state index in [1.54, 1.807) is 18.2 Å². The van der Waals surface area contributed by atoms with Crippen molar-refractivity contribution in [2.45, 2.75) is 6.18 Å². The summed E-state index contributed by atoms with van der Waals surface area (Å²) in [6.07, 6.45) is -3.23. The molecule has 0 spiro atoms. The zero-order chi connectivity index (χ0) is 23.8. The van der Waals surface area contributed by atoms with Crippen LogP contribution < -0.4 is 15.4 Å². The highest BCUT2D eigenvalue weighted by Crippen LogP contribution is 2.29. The van der Waals surface area contributed by atoms with Crippen LogP contribution in [0.2, 0.25) is 0 Å². The number of methoxy groups -OCH3 is 1. The van der Waals surface area contributed by atoms with Crippen LogP contribution in [0.15, 0.2) is 42.7 Å². The minimum absolute atomic E-state index is 0.163. The Morgan fingerprint density at radius 1 is 1.06 bits per heavy atom. The van der Waals surface area contributed by atoms with Gasteiger partial charge in [-0.15, -0.1) is 0 Å². The predicted octanol–water partition coefficient (Wildman–Crippen LogP) is 4.06. The summed E-state index contributed by atoms with van der Waals surface area (Å²) < 4.78 is 65.5. The van der Waals surface area contributed by atoms with Crippen molar-refractivity contribution in [2.75, 3.05) is 44.2 Å². The van der Waals surface area contributed by atoms with Crippen LogP contribution in [0.3, 0.4) is 0 Å². The summed E-state index contributed by atoms with van der Waals surface area (Å²) in [6.45, 7) is -1.63. The fourth-order valence-corrected chi connectivity index (χ4v) is 2.77. The highest BCUT2D eigenvalue weighted by Gasteiger charge is 2.27. The second-order valence-corrected chi connectivity index (χ2v) is 6.72. The number of nitrogens with one attached hydrogen (secondary N) is 2. The normalized spacial score (nSPS) is 11.4. The molecule has 0 radical (unpaired) electrons. The molecule has 33 heavy (non-hydrogen) atoms. The lowest BCUT2D eigenvalue weighted by Gasteiger charge is -2.12. The highest BCUT2D eigenvalue weighted by molar-refractivity contribution is 5.93. The second-order valence-electron chi connectivity index (χ2n) is 6.72. The van der Waals surface area contributed by atoms with Crippen molar-refractivity contribution in [3.8, 4) is 5.75 Å². The predicted molar refractivity (Wildman–Crippen MR) is 112 cm³/mol. The van der Waals surface area contributed by atoms with Gasteiger partial charge in [0.1, 0.15) is 43.5 Å². The summed E-state index contributed by atoms with van der Waals surface area (Å²) in [4.78, 5) is 19.9. The van der Waals surface area contributed by atoms with Gasteiger partial charge in [0.15, 0.2) is 0 Å². The average Bonchev–Trinajstić information content (AvgIpc) is 2.74. The van der Waals surface area contributed by atoms with E-state index in [2.05, 4.69) is 25.3 Å². The molecule has 0 saturated carbocycles. The summed E-state index contributed by atoms with van der Waals surface area (Å²) in [5.74, 6) is -0.780. The topological polar surface area (TPSA) is 94.6 Å². The maximum atomic E-state index is 14.7. The molecule has 0 saturated heterocycles. The first-order valence-electron chi connectivity index (χ1n) is 9.62. The largest absolute Gasteiger partial charge is 0.491 e. The van der Waals surface area contributed by atoms with Gasteiger partial charge >= 0.3 is 6.18 Å². The molecule has 3 aromatic rings. The number of halogens is 4. The molecule has 176 valence electrons. The quantitative estimate of drug-likeness (QED) is 0.342. The first-order valence-corrected chi connectivity index (χ1v) is 9.62. The van der Waals surface area contributed by atoms with Gasteiger partial charge in [0.2, 0.25) is 5.91 Å². The molecule has 1 heterocycles. The number of benzene rings is 2. The number of amides is 1. The van der Waals surface area contributed by atoms with Gasteiger partial charge in [-0.25, -0.2) is 14.4 Å². The maximum absolute atomic E-state index is 14.7. The zero-order valence-corrected chi connectivity index (χ0v) is 17.4. The number of aromatic nitrogens is 2. The molecule has 0 aliphatic rings. The third-order valence-electron chi connectivity index (χ3n) is 4.15. The molecular weight excluding hydrogens is 448 g/mol. The molecule has 0 bridgehead atoms. The Bertz CT molecular complexity index is 1090. The smallest absolute Gasteiger partial charge is 0.411 e. The van der Waals surface area contributed by atoms with Crippen molar-refractivity contribution >= 4 is 34.0 Å². The lowest BCUT2D eigenvalue weighted by Crippen LogP contribution is -2.23. The van der Waals surface area contributed by atoms with E-state index < -0.39 is 31.1 Å². The third-order valence-corrected chi connectivity index (χ3v) is 4.15. The van der Waals surface area contributed by atoms with Crippen LogP contribution in [-0.4, -0.2) is 55.6 Å². The minimum atomic E-state index is -4.50. The van der Waals surface area contributed by atoms with Crippen LogP contribution in [0, 0.1) is 5.82 Å². The van der Waals surface area contributed by atoms with Crippen LogP contribution in [0.1, 0.15) is 0 Å². The molecule has 0 unspecified atom stereocenters. The Morgan fingerprint density at radius 3 is 2.48 bits per heavy atom. The molecule has 1 aromatic heterocycles. The number of anilines is 3. The Balaban J connectivity index is 1.65. The monoisotopic (exact) mass is 468 g/mol. The van der Waals surface area contributed by atoms with Gasteiger partial charge in [-0.05, 0) is 24.3 Å². The number of rotatable bonds is 10. The van der Waals surface area contributed by atoms with Crippen LogP contribution in [0.25, 0.3) is 10.9 Å². The second kappa shape index (κ2) is 10.9. The molecule has 2 aromatic carbocycles. The van der Waals surface area contributed by atoms with E-state index in [-0.39, 0.29) is 17.8 Å². The number of hydrogen-bond donors (Lipinski definition) is 2. The van der Waals surface area contributed by atoms with E-state index in [9.17, 15) is 22.4 Å². The van der Waals surface area contributed by atoms with Gasteiger partial charge in [-0.1, -0.05) is 0 Å². The summed E-state index contributed by atoms with van der Waals surface area (Å²) >= 11 is 0. The zero-order valence-electron chi connectivity index (χ0n) is 17.4. The van der Waals surface area contributed by atoms with E-state index in [1.165, 1.54) is 31.6 Å². The van der Waals surface area contributed by atoms with E-state index >= 15 is 0 Å². The summed E-state index contributed by atoms with van der Waals surface area (Å²) in [5.41, 5.74) is 1.21. The molecule has 0 fully saturated rings. The van der Waals surface area contributed by atoms with Gasteiger partial charge in [0, 0.05) is 30.6 Å². The molecule has 0 aliphatic carbocycles. The van der Waals surface area contributed by atoms with Crippen molar-refractivity contribution in [2.24, 2.45) is 0 Å². The lowest BCUT2D eigenvalue weighted by molar-refractivity contribution is -0.174. The molecule has 3 rings (SSSR count).